The lowest BCUT2D eigenvalue weighted by atomic mass is 10.1. The molecule has 0 radical (unpaired) electrons. The average Bonchev–Trinajstić information content (AvgIpc) is 2.77. The summed E-state index contributed by atoms with van der Waals surface area (Å²) in [6, 6.07) is 5.08. The predicted molar refractivity (Wildman–Crippen MR) is 65.4 cm³/mol. The first-order valence-corrected chi connectivity index (χ1v) is 6.28. The van der Waals surface area contributed by atoms with E-state index in [2.05, 4.69) is 30.1 Å². The van der Waals surface area contributed by atoms with E-state index < -0.39 is 0 Å². The second-order valence-electron chi connectivity index (χ2n) is 4.72. The summed E-state index contributed by atoms with van der Waals surface area (Å²) in [5.41, 5.74) is 0. The maximum atomic E-state index is 5.49. The molecule has 1 aromatic heterocycles. The molecule has 2 rings (SSSR count). The van der Waals surface area contributed by atoms with Crippen LogP contribution < -0.4 is 5.32 Å². The summed E-state index contributed by atoms with van der Waals surface area (Å²) < 4.78 is 5.49. The van der Waals surface area contributed by atoms with Crippen LogP contribution in [0.25, 0.3) is 0 Å². The van der Waals surface area contributed by atoms with Crippen molar-refractivity contribution >= 4 is 0 Å². The molecule has 3 nitrogen and oxygen atoms in total. The van der Waals surface area contributed by atoms with Crippen LogP contribution in [-0.4, -0.2) is 30.6 Å². The Morgan fingerprint density at radius 2 is 2.38 bits per heavy atom. The molecule has 90 valence electrons. The minimum Gasteiger partial charge on any atom is -0.468 e. The maximum Gasteiger partial charge on any atom is 0.120 e. The normalized spacial score (nSPS) is 26.0. The molecule has 3 heteroatoms. The molecule has 16 heavy (non-hydrogen) atoms. The first-order valence-electron chi connectivity index (χ1n) is 6.28. The van der Waals surface area contributed by atoms with Gasteiger partial charge in [0.1, 0.15) is 5.76 Å². The fraction of sp³-hybridized carbons (Fsp3) is 0.692. The summed E-state index contributed by atoms with van der Waals surface area (Å²) in [4.78, 5) is 2.52. The molecule has 2 atom stereocenters. The lowest BCUT2D eigenvalue weighted by Gasteiger charge is -2.31. The number of nitrogens with zero attached hydrogens (tertiary/aromatic N) is 1. The fourth-order valence-corrected chi connectivity index (χ4v) is 2.30. The molecule has 1 aromatic rings. The van der Waals surface area contributed by atoms with E-state index in [0.717, 1.165) is 25.4 Å². The molecule has 0 spiro atoms. The van der Waals surface area contributed by atoms with E-state index in [1.165, 1.54) is 12.8 Å². The van der Waals surface area contributed by atoms with Crippen LogP contribution in [0.2, 0.25) is 0 Å². The highest BCUT2D eigenvalue weighted by Crippen LogP contribution is 2.21. The number of hydrogen-bond donors (Lipinski definition) is 1. The topological polar surface area (TPSA) is 28.4 Å². The SMILES string of the molecule is CC1CCN(C(C)c2ccco2)CCCN1. The van der Waals surface area contributed by atoms with Gasteiger partial charge in [-0.15, -0.1) is 0 Å². The maximum absolute atomic E-state index is 5.49. The molecule has 1 aliphatic rings. The fourth-order valence-electron chi connectivity index (χ4n) is 2.30. The van der Waals surface area contributed by atoms with Crippen molar-refractivity contribution in [1.82, 2.24) is 10.2 Å². The van der Waals surface area contributed by atoms with E-state index in [0.29, 0.717) is 12.1 Å². The predicted octanol–water partition coefficient (Wildman–Crippen LogP) is 2.41. The van der Waals surface area contributed by atoms with Gasteiger partial charge in [-0.1, -0.05) is 0 Å². The van der Waals surface area contributed by atoms with Gasteiger partial charge in [-0.2, -0.15) is 0 Å². The average molecular weight is 222 g/mol. The Morgan fingerprint density at radius 1 is 1.50 bits per heavy atom. The van der Waals surface area contributed by atoms with Crippen molar-refractivity contribution in [2.24, 2.45) is 0 Å². The molecular weight excluding hydrogens is 200 g/mol. The Kier molecular flexibility index (Phi) is 4.02. The van der Waals surface area contributed by atoms with Crippen molar-refractivity contribution in [2.75, 3.05) is 19.6 Å². The molecule has 1 saturated heterocycles. The molecule has 0 amide bonds. The van der Waals surface area contributed by atoms with Crippen molar-refractivity contribution in [3.63, 3.8) is 0 Å². The van der Waals surface area contributed by atoms with Gasteiger partial charge in [-0.25, -0.2) is 0 Å². The van der Waals surface area contributed by atoms with Gasteiger partial charge in [-0.3, -0.25) is 4.90 Å². The van der Waals surface area contributed by atoms with Gasteiger partial charge in [0.15, 0.2) is 0 Å². The van der Waals surface area contributed by atoms with Gasteiger partial charge < -0.3 is 9.73 Å². The van der Waals surface area contributed by atoms with E-state index in [1.54, 1.807) is 6.26 Å². The molecule has 2 unspecified atom stereocenters. The van der Waals surface area contributed by atoms with Crippen molar-refractivity contribution in [1.29, 1.82) is 0 Å². The number of nitrogens with one attached hydrogen (secondary N) is 1. The molecule has 0 bridgehead atoms. The summed E-state index contributed by atoms with van der Waals surface area (Å²) in [6.45, 7) is 7.93. The van der Waals surface area contributed by atoms with Gasteiger partial charge >= 0.3 is 0 Å². The van der Waals surface area contributed by atoms with Crippen LogP contribution in [0.3, 0.4) is 0 Å². The third-order valence-corrected chi connectivity index (χ3v) is 3.47. The zero-order chi connectivity index (χ0) is 11.4. The van der Waals surface area contributed by atoms with Crippen LogP contribution in [0.5, 0.6) is 0 Å². The quantitative estimate of drug-likeness (QED) is 0.833. The summed E-state index contributed by atoms with van der Waals surface area (Å²) in [5.74, 6) is 1.08. The third kappa shape index (κ3) is 2.86. The highest BCUT2D eigenvalue weighted by atomic mass is 16.3. The summed E-state index contributed by atoms with van der Waals surface area (Å²) in [6.07, 6.45) is 4.19. The zero-order valence-corrected chi connectivity index (χ0v) is 10.3. The van der Waals surface area contributed by atoms with Gasteiger partial charge in [0, 0.05) is 19.1 Å². The van der Waals surface area contributed by atoms with Crippen molar-refractivity contribution in [2.45, 2.75) is 38.8 Å². The smallest absolute Gasteiger partial charge is 0.120 e. The Balaban J connectivity index is 1.96. The van der Waals surface area contributed by atoms with Gasteiger partial charge in [0.05, 0.1) is 12.3 Å². The molecular formula is C13H22N2O. The van der Waals surface area contributed by atoms with Crippen LogP contribution >= 0.6 is 0 Å². The summed E-state index contributed by atoms with van der Waals surface area (Å²) >= 11 is 0. The monoisotopic (exact) mass is 222 g/mol. The van der Waals surface area contributed by atoms with Crippen molar-refractivity contribution in [3.8, 4) is 0 Å². The van der Waals surface area contributed by atoms with Crippen LogP contribution in [0.15, 0.2) is 22.8 Å². The molecule has 0 saturated carbocycles. The second-order valence-corrected chi connectivity index (χ2v) is 4.72. The molecule has 0 aromatic carbocycles. The van der Waals surface area contributed by atoms with Crippen molar-refractivity contribution in [3.05, 3.63) is 24.2 Å². The molecule has 0 aliphatic carbocycles. The summed E-state index contributed by atoms with van der Waals surface area (Å²) in [7, 11) is 0. The minimum atomic E-state index is 0.403. The van der Waals surface area contributed by atoms with Gasteiger partial charge in [0.2, 0.25) is 0 Å². The number of furan rings is 1. The molecule has 1 N–H and O–H groups in total. The van der Waals surface area contributed by atoms with Crippen LogP contribution in [-0.2, 0) is 0 Å². The first kappa shape index (κ1) is 11.7. The van der Waals surface area contributed by atoms with Crippen molar-refractivity contribution < 1.29 is 4.42 Å². The van der Waals surface area contributed by atoms with E-state index in [9.17, 15) is 0 Å². The minimum absolute atomic E-state index is 0.403. The Bertz CT molecular complexity index is 297. The second kappa shape index (κ2) is 5.51. The lowest BCUT2D eigenvalue weighted by Crippen LogP contribution is -2.39. The number of rotatable bonds is 2. The Hall–Kier alpha value is -0.800. The standard InChI is InChI=1S/C13H22N2O/c1-11-6-9-15(8-4-7-14-11)12(2)13-5-3-10-16-13/h3,5,10-12,14H,4,6-9H2,1-2H3. The molecule has 1 fully saturated rings. The first-order chi connectivity index (χ1) is 7.77. The van der Waals surface area contributed by atoms with Gasteiger partial charge in [0.25, 0.3) is 0 Å². The van der Waals surface area contributed by atoms with E-state index >= 15 is 0 Å². The van der Waals surface area contributed by atoms with E-state index in [4.69, 9.17) is 4.42 Å². The Labute approximate surface area is 97.8 Å². The van der Waals surface area contributed by atoms with Gasteiger partial charge in [-0.05, 0) is 45.4 Å². The van der Waals surface area contributed by atoms with Crippen LogP contribution in [0.4, 0.5) is 0 Å². The van der Waals surface area contributed by atoms with E-state index in [-0.39, 0.29) is 0 Å². The largest absolute Gasteiger partial charge is 0.468 e. The highest BCUT2D eigenvalue weighted by Gasteiger charge is 2.19. The van der Waals surface area contributed by atoms with Crippen LogP contribution in [0.1, 0.15) is 38.5 Å². The van der Waals surface area contributed by atoms with E-state index in [1.807, 2.05) is 6.07 Å². The third-order valence-electron chi connectivity index (χ3n) is 3.47. The number of hydrogen-bond acceptors (Lipinski definition) is 3. The molecule has 1 aliphatic heterocycles. The van der Waals surface area contributed by atoms with Crippen LogP contribution in [0, 0.1) is 0 Å². The highest BCUT2D eigenvalue weighted by molar-refractivity contribution is 5.03. The Morgan fingerprint density at radius 3 is 3.12 bits per heavy atom. The summed E-state index contributed by atoms with van der Waals surface area (Å²) in [5, 5.41) is 3.53. The zero-order valence-electron chi connectivity index (χ0n) is 10.3. The lowest BCUT2D eigenvalue weighted by molar-refractivity contribution is 0.167. The molecule has 2 heterocycles.